The van der Waals surface area contributed by atoms with E-state index in [2.05, 4.69) is 36.4 Å². The predicted molar refractivity (Wildman–Crippen MR) is 126 cm³/mol. The van der Waals surface area contributed by atoms with E-state index in [4.69, 9.17) is 4.74 Å². The average Bonchev–Trinajstić information content (AvgIpc) is 2.78. The van der Waals surface area contributed by atoms with Gasteiger partial charge in [0.25, 0.3) is 5.91 Å². The number of benzene rings is 2. The maximum atomic E-state index is 12.7. The van der Waals surface area contributed by atoms with Gasteiger partial charge in [0.2, 0.25) is 0 Å². The predicted octanol–water partition coefficient (Wildman–Crippen LogP) is 4.82. The molecule has 1 unspecified atom stereocenters. The van der Waals surface area contributed by atoms with Gasteiger partial charge >= 0.3 is 0 Å². The Bertz CT molecular complexity index is 815. The van der Waals surface area contributed by atoms with E-state index < -0.39 is 0 Å². The van der Waals surface area contributed by atoms with Crippen molar-refractivity contribution in [2.75, 3.05) is 45.2 Å². The van der Waals surface area contributed by atoms with E-state index in [-0.39, 0.29) is 5.91 Å². The number of hydrogen-bond acceptors (Lipinski definition) is 4. The fourth-order valence-electron chi connectivity index (χ4n) is 3.40. The minimum absolute atomic E-state index is 0.0681. The van der Waals surface area contributed by atoms with Gasteiger partial charge in [0.1, 0.15) is 5.75 Å². The molecule has 0 saturated heterocycles. The first kappa shape index (κ1) is 23.5. The summed E-state index contributed by atoms with van der Waals surface area (Å²) in [4.78, 5) is 19.0. The Labute approximate surface area is 181 Å². The van der Waals surface area contributed by atoms with Gasteiger partial charge in [-0.05, 0) is 64.2 Å². The zero-order valence-corrected chi connectivity index (χ0v) is 19.0. The summed E-state index contributed by atoms with van der Waals surface area (Å²) in [6, 6.07) is 16.2. The van der Waals surface area contributed by atoms with Crippen molar-refractivity contribution in [3.63, 3.8) is 0 Å². The van der Waals surface area contributed by atoms with Crippen molar-refractivity contribution in [2.45, 2.75) is 26.8 Å². The lowest BCUT2D eigenvalue weighted by Crippen LogP contribution is -2.38. The number of likely N-dealkylation sites (N-methyl/N-ethyl adjacent to an activating group) is 1. The van der Waals surface area contributed by atoms with Gasteiger partial charge in [0.15, 0.2) is 0 Å². The zero-order chi connectivity index (χ0) is 22.1. The van der Waals surface area contributed by atoms with Gasteiger partial charge in [-0.1, -0.05) is 12.1 Å². The fraction of sp³-hybridized carbons (Fsp3) is 0.400. The molecule has 5 heteroatoms. The second-order valence-electron chi connectivity index (χ2n) is 7.41. The second kappa shape index (κ2) is 11.4. The quantitative estimate of drug-likeness (QED) is 0.499. The van der Waals surface area contributed by atoms with Gasteiger partial charge in [0.05, 0.1) is 7.11 Å². The molecule has 1 atom stereocenters. The smallest absolute Gasteiger partial charge is 0.253 e. The van der Waals surface area contributed by atoms with Crippen LogP contribution in [0.2, 0.25) is 0 Å². The number of ether oxygens (including phenoxy) is 1. The highest BCUT2D eigenvalue weighted by Crippen LogP contribution is 2.29. The summed E-state index contributed by atoms with van der Waals surface area (Å²) in [5, 5.41) is 0. The molecule has 30 heavy (non-hydrogen) atoms. The summed E-state index contributed by atoms with van der Waals surface area (Å²) in [6.07, 6.45) is 1.92. The molecule has 2 aromatic carbocycles. The fourth-order valence-corrected chi connectivity index (χ4v) is 3.40. The molecule has 0 aliphatic rings. The lowest BCUT2D eigenvalue weighted by molar-refractivity contribution is 0.0773. The number of nitrogens with zero attached hydrogens (tertiary/aromatic N) is 3. The Morgan fingerprint density at radius 1 is 1.10 bits per heavy atom. The number of anilines is 2. The zero-order valence-electron chi connectivity index (χ0n) is 19.0. The van der Waals surface area contributed by atoms with E-state index in [0.29, 0.717) is 24.7 Å². The summed E-state index contributed by atoms with van der Waals surface area (Å²) < 4.78 is 5.43. The minimum atomic E-state index is 0.0681. The van der Waals surface area contributed by atoms with Crippen molar-refractivity contribution in [3.8, 4) is 5.75 Å². The van der Waals surface area contributed by atoms with Crippen molar-refractivity contribution in [3.05, 3.63) is 66.7 Å². The molecule has 2 aromatic rings. The first-order valence-corrected chi connectivity index (χ1v) is 10.6. The molecular formula is C25H35N3O2. The summed E-state index contributed by atoms with van der Waals surface area (Å²) in [5.74, 6) is 0.886. The minimum Gasteiger partial charge on any atom is -0.497 e. The molecule has 1 amide bonds. The van der Waals surface area contributed by atoms with Crippen LogP contribution < -0.4 is 9.64 Å². The van der Waals surface area contributed by atoms with Crippen LogP contribution in [0.3, 0.4) is 0 Å². The highest BCUT2D eigenvalue weighted by atomic mass is 16.5. The average molecular weight is 410 g/mol. The van der Waals surface area contributed by atoms with Crippen molar-refractivity contribution in [2.24, 2.45) is 0 Å². The molecule has 0 spiro atoms. The molecule has 0 heterocycles. The van der Waals surface area contributed by atoms with Crippen LogP contribution >= 0.6 is 0 Å². The van der Waals surface area contributed by atoms with Crippen LogP contribution in [-0.2, 0) is 0 Å². The Kier molecular flexibility index (Phi) is 8.93. The molecule has 2 rings (SSSR count). The lowest BCUT2D eigenvalue weighted by Gasteiger charge is -2.32. The third-order valence-electron chi connectivity index (χ3n) is 5.46. The van der Waals surface area contributed by atoms with E-state index in [1.807, 2.05) is 67.3 Å². The van der Waals surface area contributed by atoms with E-state index in [9.17, 15) is 4.79 Å². The van der Waals surface area contributed by atoms with Crippen molar-refractivity contribution < 1.29 is 9.53 Å². The molecule has 0 aliphatic carbocycles. The van der Waals surface area contributed by atoms with Gasteiger partial charge in [-0.15, -0.1) is 6.58 Å². The first-order chi connectivity index (χ1) is 14.4. The molecule has 5 nitrogen and oxygen atoms in total. The first-order valence-electron chi connectivity index (χ1n) is 10.6. The molecule has 0 radical (unpaired) electrons. The number of hydrogen-bond donors (Lipinski definition) is 0. The van der Waals surface area contributed by atoms with Gasteiger partial charge in [-0.2, -0.15) is 0 Å². The number of carbonyl (C=O) groups excluding carboxylic acids is 1. The molecule has 162 valence electrons. The SMILES string of the molecule is C=CCN(C)C(C)CN(c1ccc(C(=O)N(CC)CC)cc1)c1cccc(OC)c1. The van der Waals surface area contributed by atoms with Gasteiger partial charge in [-0.3, -0.25) is 9.69 Å². The highest BCUT2D eigenvalue weighted by Gasteiger charge is 2.18. The number of amides is 1. The van der Waals surface area contributed by atoms with Gasteiger partial charge < -0.3 is 14.5 Å². The Morgan fingerprint density at radius 2 is 1.77 bits per heavy atom. The van der Waals surface area contributed by atoms with Gasteiger partial charge in [0, 0.05) is 55.2 Å². The van der Waals surface area contributed by atoms with Crippen molar-refractivity contribution >= 4 is 17.3 Å². The van der Waals surface area contributed by atoms with Crippen LogP contribution in [0.25, 0.3) is 0 Å². The van der Waals surface area contributed by atoms with Gasteiger partial charge in [-0.25, -0.2) is 0 Å². The highest BCUT2D eigenvalue weighted by molar-refractivity contribution is 5.94. The third kappa shape index (κ3) is 5.86. The third-order valence-corrected chi connectivity index (χ3v) is 5.46. The van der Waals surface area contributed by atoms with E-state index in [0.717, 1.165) is 30.2 Å². The van der Waals surface area contributed by atoms with Crippen LogP contribution in [-0.4, -0.2) is 62.1 Å². The monoisotopic (exact) mass is 409 g/mol. The Morgan fingerprint density at radius 3 is 2.33 bits per heavy atom. The van der Waals surface area contributed by atoms with Crippen LogP contribution in [0, 0.1) is 0 Å². The maximum Gasteiger partial charge on any atom is 0.253 e. The standard InChI is InChI=1S/C25H35N3O2/c1-7-17-26(5)20(4)19-28(23-11-10-12-24(18-23)30-6)22-15-13-21(14-16-22)25(29)27(8-2)9-3/h7,10-16,18,20H,1,8-9,17,19H2,2-6H3. The molecule has 0 N–H and O–H groups in total. The molecular weight excluding hydrogens is 374 g/mol. The molecule has 0 saturated carbocycles. The number of carbonyl (C=O) groups is 1. The lowest BCUT2D eigenvalue weighted by atomic mass is 10.1. The second-order valence-corrected chi connectivity index (χ2v) is 7.41. The van der Waals surface area contributed by atoms with Crippen LogP contribution in [0.15, 0.2) is 61.2 Å². The van der Waals surface area contributed by atoms with E-state index in [1.54, 1.807) is 7.11 Å². The largest absolute Gasteiger partial charge is 0.497 e. The van der Waals surface area contributed by atoms with E-state index in [1.165, 1.54) is 0 Å². The number of methoxy groups -OCH3 is 1. The summed E-state index contributed by atoms with van der Waals surface area (Å²) in [7, 11) is 3.78. The summed E-state index contributed by atoms with van der Waals surface area (Å²) >= 11 is 0. The van der Waals surface area contributed by atoms with Crippen molar-refractivity contribution in [1.82, 2.24) is 9.80 Å². The van der Waals surface area contributed by atoms with Crippen LogP contribution in [0.5, 0.6) is 5.75 Å². The Balaban J connectivity index is 2.36. The maximum absolute atomic E-state index is 12.7. The topological polar surface area (TPSA) is 36.0 Å². The number of rotatable bonds is 11. The molecule has 0 aliphatic heterocycles. The van der Waals surface area contributed by atoms with Crippen LogP contribution in [0.1, 0.15) is 31.1 Å². The van der Waals surface area contributed by atoms with Crippen LogP contribution in [0.4, 0.5) is 11.4 Å². The summed E-state index contributed by atoms with van der Waals surface area (Å²) in [5.41, 5.74) is 2.80. The molecule has 0 fully saturated rings. The summed E-state index contributed by atoms with van der Waals surface area (Å²) in [6.45, 7) is 13.1. The van der Waals surface area contributed by atoms with E-state index >= 15 is 0 Å². The molecule has 0 aromatic heterocycles. The normalized spacial score (nSPS) is 11.8. The van der Waals surface area contributed by atoms with Crippen molar-refractivity contribution in [1.29, 1.82) is 0 Å². The molecule has 0 bridgehead atoms. The Hall–Kier alpha value is -2.79.